The summed E-state index contributed by atoms with van der Waals surface area (Å²) in [5, 5.41) is 10.6. The molecule has 24 heavy (non-hydrogen) atoms. The van der Waals surface area contributed by atoms with Gasteiger partial charge < -0.3 is 20.3 Å². The maximum atomic E-state index is 12.3. The van der Waals surface area contributed by atoms with Gasteiger partial charge in [0.25, 0.3) is 0 Å². The molecule has 1 saturated carbocycles. The summed E-state index contributed by atoms with van der Waals surface area (Å²) in [4.78, 5) is 16.1. The van der Waals surface area contributed by atoms with Gasteiger partial charge in [-0.3, -0.25) is 4.57 Å². The van der Waals surface area contributed by atoms with E-state index in [4.69, 9.17) is 15.2 Å². The van der Waals surface area contributed by atoms with Crippen LogP contribution in [0.25, 0.3) is 0 Å². The van der Waals surface area contributed by atoms with E-state index in [2.05, 4.69) is 24.6 Å². The molecule has 0 spiro atoms. The van der Waals surface area contributed by atoms with Gasteiger partial charge in [-0.15, -0.1) is 13.2 Å². The molecule has 0 radical (unpaired) electrons. The molecule has 136 valence electrons. The molecule has 1 heterocycles. The molecule has 0 amide bonds. The zero-order valence-electron chi connectivity index (χ0n) is 14.8. The molecular formula is C16H28N3O4P. The molecule has 3 N–H and O–H groups in total. The summed E-state index contributed by atoms with van der Waals surface area (Å²) < 4.78 is 12.1. The second-order valence-electron chi connectivity index (χ2n) is 7.09. The van der Waals surface area contributed by atoms with Gasteiger partial charge in [0, 0.05) is 7.11 Å². The van der Waals surface area contributed by atoms with E-state index in [0.717, 1.165) is 12.6 Å². The molecule has 0 aromatic carbocycles. The maximum absolute atomic E-state index is 12.3. The third kappa shape index (κ3) is 4.02. The molecule has 1 aromatic rings. The largest absolute Gasteiger partial charge is 0.491 e. The van der Waals surface area contributed by atoms with Crippen molar-refractivity contribution in [2.45, 2.75) is 31.1 Å². The van der Waals surface area contributed by atoms with Crippen LogP contribution in [0.3, 0.4) is 0 Å². The number of nitrogens with zero attached hydrogens (tertiary/aromatic N) is 2. The van der Waals surface area contributed by atoms with Crippen molar-refractivity contribution in [3.8, 4) is 5.75 Å². The van der Waals surface area contributed by atoms with Gasteiger partial charge in [0.05, 0.1) is 25.5 Å². The van der Waals surface area contributed by atoms with Crippen LogP contribution in [0.2, 0.25) is 0 Å². The van der Waals surface area contributed by atoms with E-state index < -0.39 is 24.8 Å². The van der Waals surface area contributed by atoms with Gasteiger partial charge >= 0.3 is 5.69 Å². The predicted molar refractivity (Wildman–Crippen MR) is 98.8 cm³/mol. The van der Waals surface area contributed by atoms with Crippen LogP contribution in [0.15, 0.2) is 11.0 Å². The van der Waals surface area contributed by atoms with Crippen molar-refractivity contribution < 1.29 is 14.6 Å². The van der Waals surface area contributed by atoms with Crippen molar-refractivity contribution in [2.24, 2.45) is 5.92 Å². The van der Waals surface area contributed by atoms with Crippen LogP contribution in [0.1, 0.15) is 18.9 Å². The fourth-order valence-electron chi connectivity index (χ4n) is 3.31. The van der Waals surface area contributed by atoms with Crippen LogP contribution in [0, 0.1) is 5.92 Å². The SMILES string of the molecule is C=P(C)(C)CC[C@H]1CC(n2cc(OC)c(N)nc2=O)[C@H](OC)[C@@H]1O. The number of aliphatic hydroxyl groups is 1. The Labute approximate surface area is 142 Å². The molecule has 1 unspecified atom stereocenters. The predicted octanol–water partition coefficient (Wildman–Crippen LogP) is 0.870. The Morgan fingerprint density at radius 1 is 1.50 bits per heavy atom. The first-order valence-electron chi connectivity index (χ1n) is 7.98. The molecular weight excluding hydrogens is 329 g/mol. The molecule has 0 bridgehead atoms. The highest BCUT2D eigenvalue weighted by Gasteiger charge is 2.44. The van der Waals surface area contributed by atoms with Gasteiger partial charge in [-0.1, -0.05) is 0 Å². The quantitative estimate of drug-likeness (QED) is 0.733. The Hall–Kier alpha value is -1.30. The minimum absolute atomic E-state index is 0.0615. The smallest absolute Gasteiger partial charge is 0.350 e. The van der Waals surface area contributed by atoms with Crippen LogP contribution < -0.4 is 16.2 Å². The Balaban J connectivity index is 2.30. The molecule has 7 nitrogen and oxygen atoms in total. The molecule has 4 atom stereocenters. The Morgan fingerprint density at radius 3 is 2.71 bits per heavy atom. The number of methoxy groups -OCH3 is 2. The van der Waals surface area contributed by atoms with Crippen LogP contribution in [0.5, 0.6) is 5.75 Å². The first-order valence-corrected chi connectivity index (χ1v) is 11.0. The molecule has 1 fully saturated rings. The minimum atomic E-state index is -1.16. The summed E-state index contributed by atoms with van der Waals surface area (Å²) in [6.07, 6.45) is 7.20. The van der Waals surface area contributed by atoms with E-state index >= 15 is 0 Å². The highest BCUT2D eigenvalue weighted by molar-refractivity contribution is 7.72. The maximum Gasteiger partial charge on any atom is 0.350 e. The van der Waals surface area contributed by atoms with E-state index in [9.17, 15) is 9.90 Å². The first kappa shape index (κ1) is 19.0. The second-order valence-corrected chi connectivity index (χ2v) is 11.4. The van der Waals surface area contributed by atoms with Crippen molar-refractivity contribution in [3.63, 3.8) is 0 Å². The number of aliphatic hydroxyl groups excluding tert-OH is 1. The summed E-state index contributed by atoms with van der Waals surface area (Å²) in [6, 6.07) is -0.296. The van der Waals surface area contributed by atoms with Crippen LogP contribution in [-0.2, 0) is 4.74 Å². The number of rotatable bonds is 6. The first-order chi connectivity index (χ1) is 11.2. The number of nitrogen functional groups attached to an aromatic ring is 1. The lowest BCUT2D eigenvalue weighted by Gasteiger charge is -2.23. The summed E-state index contributed by atoms with van der Waals surface area (Å²) in [5.74, 6) is 0.468. The van der Waals surface area contributed by atoms with Gasteiger partial charge in [0.15, 0.2) is 11.6 Å². The Morgan fingerprint density at radius 2 is 2.17 bits per heavy atom. The Bertz CT molecular complexity index is 684. The van der Waals surface area contributed by atoms with Gasteiger partial charge in [-0.2, -0.15) is 4.98 Å². The van der Waals surface area contributed by atoms with E-state index in [1.165, 1.54) is 11.7 Å². The average Bonchev–Trinajstić information content (AvgIpc) is 2.80. The fraction of sp³-hybridized carbons (Fsp3) is 0.688. The Kier molecular flexibility index (Phi) is 5.78. The number of nitrogens with two attached hydrogens (primary N) is 1. The number of ether oxygens (including phenoxy) is 2. The van der Waals surface area contributed by atoms with Crippen molar-refractivity contribution >= 4 is 19.0 Å². The number of aromatic nitrogens is 2. The monoisotopic (exact) mass is 357 g/mol. The normalized spacial score (nSPS) is 27.4. The molecule has 0 aliphatic heterocycles. The highest BCUT2D eigenvalue weighted by Crippen LogP contribution is 2.43. The van der Waals surface area contributed by atoms with E-state index in [1.807, 2.05) is 0 Å². The third-order valence-corrected chi connectivity index (χ3v) is 6.11. The lowest BCUT2D eigenvalue weighted by molar-refractivity contribution is -0.0238. The van der Waals surface area contributed by atoms with Gasteiger partial charge in [-0.25, -0.2) is 4.79 Å². The summed E-state index contributed by atoms with van der Waals surface area (Å²) >= 11 is 0. The zero-order chi connectivity index (χ0) is 18.1. The third-order valence-electron chi connectivity index (χ3n) is 4.64. The summed E-state index contributed by atoms with van der Waals surface area (Å²) in [7, 11) is 3.02. The second kappa shape index (κ2) is 7.30. The van der Waals surface area contributed by atoms with Crippen LogP contribution in [-0.4, -0.2) is 66.9 Å². The lowest BCUT2D eigenvalue weighted by Crippen LogP contribution is -2.36. The van der Waals surface area contributed by atoms with Gasteiger partial charge in [-0.05, 0) is 38.3 Å². The zero-order valence-corrected chi connectivity index (χ0v) is 15.7. The average molecular weight is 357 g/mol. The van der Waals surface area contributed by atoms with Gasteiger partial charge in [0.1, 0.15) is 6.10 Å². The molecule has 8 heteroatoms. The van der Waals surface area contributed by atoms with Crippen LogP contribution >= 0.6 is 6.89 Å². The van der Waals surface area contributed by atoms with E-state index in [0.29, 0.717) is 12.2 Å². The number of hydrogen-bond acceptors (Lipinski definition) is 6. The van der Waals surface area contributed by atoms with Crippen molar-refractivity contribution in [3.05, 3.63) is 16.7 Å². The van der Waals surface area contributed by atoms with Crippen molar-refractivity contribution in [1.82, 2.24) is 9.55 Å². The molecule has 1 aromatic heterocycles. The van der Waals surface area contributed by atoms with E-state index in [1.54, 1.807) is 13.3 Å². The fourth-order valence-corrected chi connectivity index (χ4v) is 4.34. The van der Waals surface area contributed by atoms with Crippen molar-refractivity contribution in [2.75, 3.05) is 39.4 Å². The van der Waals surface area contributed by atoms with Gasteiger partial charge in [0.2, 0.25) is 0 Å². The summed E-state index contributed by atoms with van der Waals surface area (Å²) in [6.45, 7) is 3.20. The van der Waals surface area contributed by atoms with Crippen LogP contribution in [0.4, 0.5) is 5.82 Å². The number of anilines is 1. The molecule has 1 aliphatic carbocycles. The van der Waals surface area contributed by atoms with Crippen molar-refractivity contribution in [1.29, 1.82) is 0 Å². The minimum Gasteiger partial charge on any atom is -0.491 e. The lowest BCUT2D eigenvalue weighted by atomic mass is 10.0. The topological polar surface area (TPSA) is 99.6 Å². The highest BCUT2D eigenvalue weighted by atomic mass is 31.2. The molecule has 1 aliphatic rings. The number of hydrogen-bond donors (Lipinski definition) is 2. The molecule has 0 saturated heterocycles. The van der Waals surface area contributed by atoms with E-state index in [-0.39, 0.29) is 17.8 Å². The molecule has 2 rings (SSSR count). The summed E-state index contributed by atoms with van der Waals surface area (Å²) in [5.41, 5.74) is 5.22. The standard InChI is InChI=1S/C16H28N3O4P/c1-22-12-9-19(16(21)18-15(12)17)11-8-10(6-7-24(3,4)5)13(20)14(11)23-2/h9-11,13-14,20H,3,6-8H2,1-2,4-5H3,(H2,17,18,21)/t10-,11?,13+,14-/m0/s1.